The molecular weight excluding hydrogens is 834 g/mol. The molecule has 0 bridgehead atoms. The number of phosphoric ester groups is 1. The van der Waals surface area contributed by atoms with Crippen LogP contribution in [-0.4, -0.2) is 80.9 Å². The van der Waals surface area contributed by atoms with Crippen LogP contribution in [0.4, 0.5) is 0 Å². The number of phosphoric acid groups is 1. The summed E-state index contributed by atoms with van der Waals surface area (Å²) in [5, 5.41) is 0. The standard InChI is InChI=1S/C24H25N2O6P.C21H27N2O5P/c1-25-14-18-12-21(8-10-23(18)28-16-25)31-33(27,30-20-6-4-3-5-7-20)32-22-9-11-24-19(13-22)15-26(2)17-29-24;1-4-9-29(24,27-18-5-7-20-16(10-18)12-22(2)14-25-20)28-19-6-8-21-17(11-19)13-23(3)15-26-21/h3-13H,14-17H2,1-2H3;5-8,10-11H,4,9,12-15H2,1-3H3. The maximum absolute atomic E-state index is 13.8. The fourth-order valence-electron chi connectivity index (χ4n) is 7.20. The minimum atomic E-state index is -4.10. The van der Waals surface area contributed by atoms with Crippen LogP contribution in [-0.2, 0) is 35.3 Å². The van der Waals surface area contributed by atoms with Gasteiger partial charge in [-0.3, -0.25) is 19.6 Å². The van der Waals surface area contributed by atoms with E-state index in [4.69, 9.17) is 41.6 Å². The van der Waals surface area contributed by atoms with Gasteiger partial charge in [-0.2, -0.15) is 4.57 Å². The molecule has 5 aromatic rings. The van der Waals surface area contributed by atoms with Crippen molar-refractivity contribution in [1.29, 1.82) is 0 Å². The van der Waals surface area contributed by atoms with E-state index in [0.717, 1.165) is 58.3 Å². The smallest absolute Gasteiger partial charge is 0.478 e. The maximum atomic E-state index is 13.8. The van der Waals surface area contributed by atoms with Crippen molar-refractivity contribution >= 4 is 15.4 Å². The number of para-hydroxylation sites is 1. The zero-order valence-electron chi connectivity index (χ0n) is 35.6. The Morgan fingerprint density at radius 2 is 0.774 bits per heavy atom. The predicted molar refractivity (Wildman–Crippen MR) is 234 cm³/mol. The molecule has 62 heavy (non-hydrogen) atoms. The Kier molecular flexibility index (Phi) is 13.2. The molecule has 0 saturated carbocycles. The second kappa shape index (κ2) is 18.9. The van der Waals surface area contributed by atoms with Gasteiger partial charge in [0.1, 0.15) is 78.7 Å². The highest BCUT2D eigenvalue weighted by Gasteiger charge is 2.35. The third-order valence-electron chi connectivity index (χ3n) is 10.0. The number of hydrogen-bond acceptors (Lipinski definition) is 15. The Morgan fingerprint density at radius 1 is 0.452 bits per heavy atom. The van der Waals surface area contributed by atoms with Gasteiger partial charge in [-0.15, -0.1) is 0 Å². The summed E-state index contributed by atoms with van der Waals surface area (Å²) >= 11 is 0. The fourth-order valence-corrected chi connectivity index (χ4v) is 10.1. The lowest BCUT2D eigenvalue weighted by Gasteiger charge is -2.27. The van der Waals surface area contributed by atoms with Gasteiger partial charge in [-0.1, -0.05) is 25.1 Å². The van der Waals surface area contributed by atoms with Crippen LogP contribution in [0.25, 0.3) is 0 Å². The molecular formula is C45H52N4O11P2. The fraction of sp³-hybridized carbons (Fsp3) is 0.333. The molecule has 328 valence electrons. The minimum Gasteiger partial charge on any atom is -0.478 e. The van der Waals surface area contributed by atoms with Gasteiger partial charge in [0.15, 0.2) is 0 Å². The lowest BCUT2D eigenvalue weighted by Crippen LogP contribution is -2.28. The Labute approximate surface area is 362 Å². The molecule has 5 aromatic carbocycles. The van der Waals surface area contributed by atoms with Crippen molar-refractivity contribution in [1.82, 2.24) is 19.6 Å². The van der Waals surface area contributed by atoms with Crippen molar-refractivity contribution in [2.45, 2.75) is 39.5 Å². The van der Waals surface area contributed by atoms with Crippen molar-refractivity contribution < 1.29 is 50.7 Å². The first-order valence-electron chi connectivity index (χ1n) is 20.4. The van der Waals surface area contributed by atoms with Crippen LogP contribution in [0, 0.1) is 0 Å². The average Bonchev–Trinajstić information content (AvgIpc) is 3.23. The van der Waals surface area contributed by atoms with E-state index in [9.17, 15) is 9.13 Å². The molecule has 0 fully saturated rings. The predicted octanol–water partition coefficient (Wildman–Crippen LogP) is 9.21. The van der Waals surface area contributed by atoms with E-state index < -0.39 is 15.4 Å². The van der Waals surface area contributed by atoms with Crippen LogP contribution < -0.4 is 41.6 Å². The minimum absolute atomic E-state index is 0.327. The maximum Gasteiger partial charge on any atom is 0.647 e. The van der Waals surface area contributed by atoms with E-state index in [0.29, 0.717) is 81.3 Å². The monoisotopic (exact) mass is 886 g/mol. The van der Waals surface area contributed by atoms with Crippen LogP contribution in [0.15, 0.2) is 103 Å². The Hall–Kier alpha value is -5.40. The Morgan fingerprint density at radius 3 is 1.11 bits per heavy atom. The van der Waals surface area contributed by atoms with Crippen LogP contribution >= 0.6 is 15.4 Å². The normalized spacial score (nSPS) is 16.5. The molecule has 0 unspecified atom stereocenters. The summed E-state index contributed by atoms with van der Waals surface area (Å²) in [7, 11) is 0.416. The van der Waals surface area contributed by atoms with E-state index in [1.807, 2.05) is 75.2 Å². The molecule has 17 heteroatoms. The van der Waals surface area contributed by atoms with Crippen LogP contribution in [0.3, 0.4) is 0 Å². The molecule has 15 nitrogen and oxygen atoms in total. The third-order valence-corrected chi connectivity index (χ3v) is 13.3. The number of ether oxygens (including phenoxy) is 4. The SMILES string of the molecule is CCCP(=O)(Oc1ccc2c(c1)CN(C)CO2)Oc1ccc2c(c1)CN(C)CO2.CN1COc2ccc(OP(=O)(Oc3ccccc3)Oc3ccc4c(c3)CN(C)CO4)cc2C1. The van der Waals surface area contributed by atoms with Gasteiger partial charge >= 0.3 is 15.4 Å². The lowest BCUT2D eigenvalue weighted by atomic mass is 10.1. The summed E-state index contributed by atoms with van der Waals surface area (Å²) in [6, 6.07) is 30.5. The molecule has 0 saturated heterocycles. The van der Waals surface area contributed by atoms with Crippen LogP contribution in [0.5, 0.6) is 51.7 Å². The summed E-state index contributed by atoms with van der Waals surface area (Å²) < 4.78 is 79.5. The van der Waals surface area contributed by atoms with Gasteiger partial charge in [0.2, 0.25) is 0 Å². The largest absolute Gasteiger partial charge is 0.647 e. The van der Waals surface area contributed by atoms with Gasteiger partial charge in [0.05, 0.1) is 6.16 Å². The highest BCUT2D eigenvalue weighted by molar-refractivity contribution is 7.54. The van der Waals surface area contributed by atoms with E-state index in [1.165, 1.54) is 0 Å². The number of fused-ring (bicyclic) bond motifs is 4. The van der Waals surface area contributed by atoms with Crippen molar-refractivity contribution in [3.63, 3.8) is 0 Å². The average molecular weight is 887 g/mol. The second-order valence-electron chi connectivity index (χ2n) is 15.8. The van der Waals surface area contributed by atoms with Crippen molar-refractivity contribution in [3.8, 4) is 51.7 Å². The molecule has 0 aliphatic carbocycles. The summed E-state index contributed by atoms with van der Waals surface area (Å²) in [4.78, 5) is 8.16. The van der Waals surface area contributed by atoms with Gasteiger partial charge in [0, 0.05) is 48.4 Å². The summed E-state index contributed by atoms with van der Waals surface area (Å²) in [5.74, 6) is 5.39. The first-order valence-corrected chi connectivity index (χ1v) is 23.6. The molecule has 0 amide bonds. The van der Waals surface area contributed by atoms with Crippen LogP contribution in [0.1, 0.15) is 35.6 Å². The van der Waals surface area contributed by atoms with Gasteiger partial charge in [-0.05, 0) is 120 Å². The van der Waals surface area contributed by atoms with Gasteiger partial charge in [0.25, 0.3) is 0 Å². The van der Waals surface area contributed by atoms with E-state index in [2.05, 4.69) is 9.80 Å². The zero-order valence-corrected chi connectivity index (χ0v) is 37.3. The highest BCUT2D eigenvalue weighted by Crippen LogP contribution is 2.52. The van der Waals surface area contributed by atoms with Crippen LogP contribution in [0.2, 0.25) is 0 Å². The quantitative estimate of drug-likeness (QED) is 0.110. The summed E-state index contributed by atoms with van der Waals surface area (Å²) in [6.45, 7) is 7.00. The van der Waals surface area contributed by atoms with E-state index in [1.54, 1.807) is 72.8 Å². The molecule has 0 atom stereocenters. The molecule has 4 heterocycles. The molecule has 0 radical (unpaired) electrons. The molecule has 0 N–H and O–H groups in total. The molecule has 9 rings (SSSR count). The van der Waals surface area contributed by atoms with Gasteiger partial charge < -0.3 is 41.6 Å². The second-order valence-corrected chi connectivity index (χ2v) is 19.3. The summed E-state index contributed by atoms with van der Waals surface area (Å²) in [5.41, 5.74) is 3.88. The first kappa shape index (κ1) is 43.3. The first-order chi connectivity index (χ1) is 29.9. The molecule has 4 aliphatic heterocycles. The van der Waals surface area contributed by atoms with Crippen molar-refractivity contribution in [2.24, 2.45) is 0 Å². The number of hydrogen-bond donors (Lipinski definition) is 0. The molecule has 4 aliphatic rings. The van der Waals surface area contributed by atoms with Gasteiger partial charge in [-0.25, -0.2) is 4.57 Å². The zero-order chi connectivity index (χ0) is 43.3. The molecule has 0 aromatic heterocycles. The Balaban J connectivity index is 0.000000172. The molecule has 0 spiro atoms. The third kappa shape index (κ3) is 11.0. The summed E-state index contributed by atoms with van der Waals surface area (Å²) in [6.07, 6.45) is 1.01. The van der Waals surface area contributed by atoms with E-state index >= 15 is 0 Å². The highest BCUT2D eigenvalue weighted by atomic mass is 31.2. The lowest BCUT2D eigenvalue weighted by molar-refractivity contribution is 0.121. The van der Waals surface area contributed by atoms with Crippen molar-refractivity contribution in [3.05, 3.63) is 125 Å². The number of rotatable bonds is 12. The number of benzene rings is 5. The number of nitrogens with zero attached hydrogens (tertiary/aromatic N) is 4. The Bertz CT molecular complexity index is 2320. The topological polar surface area (TPSA) is 130 Å². The van der Waals surface area contributed by atoms with Crippen molar-refractivity contribution in [2.75, 3.05) is 61.3 Å². The van der Waals surface area contributed by atoms with E-state index in [-0.39, 0.29) is 0 Å².